The van der Waals surface area contributed by atoms with Gasteiger partial charge in [0.05, 0.1) is 0 Å². The van der Waals surface area contributed by atoms with Gasteiger partial charge in [0, 0.05) is 18.4 Å². The van der Waals surface area contributed by atoms with Gasteiger partial charge in [0.25, 0.3) is 5.92 Å². The van der Waals surface area contributed by atoms with E-state index in [1.54, 1.807) is 0 Å². The molecule has 2 rings (SSSR count). The predicted molar refractivity (Wildman–Crippen MR) is 43.3 cm³/mol. The lowest BCUT2D eigenvalue weighted by Crippen LogP contribution is -2.51. The maximum absolute atomic E-state index is 13.3. The molecule has 2 unspecified atom stereocenters. The number of alkyl halides is 2. The van der Waals surface area contributed by atoms with Gasteiger partial charge in [-0.1, -0.05) is 0 Å². The van der Waals surface area contributed by atoms with E-state index in [0.29, 0.717) is 12.8 Å². The maximum Gasteiger partial charge on any atom is 0.252 e. The lowest BCUT2D eigenvalue weighted by Gasteiger charge is -2.41. The lowest BCUT2D eigenvalue weighted by atomic mass is 9.77. The second kappa shape index (κ2) is 2.95. The van der Waals surface area contributed by atoms with Crippen LogP contribution in [0.4, 0.5) is 8.78 Å². The van der Waals surface area contributed by atoms with Crippen LogP contribution in [0.5, 0.6) is 0 Å². The molecule has 12 heavy (non-hydrogen) atoms. The summed E-state index contributed by atoms with van der Waals surface area (Å²) in [6.45, 7) is 0.928. The Kier molecular flexibility index (Phi) is 2.07. The standard InChI is InChI=1S/C9H15F2N/c10-9(11)5-1-4-8-7(9)3-2-6-12-8/h7-8,12H,1-6H2. The monoisotopic (exact) mass is 175 g/mol. The zero-order valence-electron chi connectivity index (χ0n) is 7.15. The molecule has 1 saturated carbocycles. The van der Waals surface area contributed by atoms with Crippen LogP contribution in [-0.4, -0.2) is 18.5 Å². The van der Waals surface area contributed by atoms with Crippen LogP contribution in [0.1, 0.15) is 32.1 Å². The van der Waals surface area contributed by atoms with Crippen LogP contribution in [0.3, 0.4) is 0 Å². The van der Waals surface area contributed by atoms with Crippen molar-refractivity contribution < 1.29 is 8.78 Å². The molecule has 0 radical (unpaired) electrons. The normalized spacial score (nSPS) is 40.5. The molecule has 1 saturated heterocycles. The topological polar surface area (TPSA) is 12.0 Å². The van der Waals surface area contributed by atoms with Crippen LogP contribution >= 0.6 is 0 Å². The zero-order valence-corrected chi connectivity index (χ0v) is 7.15. The van der Waals surface area contributed by atoms with Gasteiger partial charge in [0.2, 0.25) is 0 Å². The SMILES string of the molecule is FC1(F)CCCC2NCCCC21. The number of hydrogen-bond donors (Lipinski definition) is 1. The summed E-state index contributed by atoms with van der Waals surface area (Å²) in [6.07, 6.45) is 3.36. The molecule has 1 heterocycles. The highest BCUT2D eigenvalue weighted by Crippen LogP contribution is 2.42. The molecule has 0 aromatic rings. The van der Waals surface area contributed by atoms with Gasteiger partial charge in [-0.05, 0) is 32.2 Å². The van der Waals surface area contributed by atoms with Crippen molar-refractivity contribution in [1.82, 2.24) is 5.32 Å². The van der Waals surface area contributed by atoms with E-state index in [1.807, 2.05) is 0 Å². The van der Waals surface area contributed by atoms with Gasteiger partial charge in [-0.3, -0.25) is 0 Å². The van der Waals surface area contributed by atoms with Crippen molar-refractivity contribution in [2.75, 3.05) is 6.54 Å². The smallest absolute Gasteiger partial charge is 0.252 e. The van der Waals surface area contributed by atoms with Crippen molar-refractivity contribution in [3.05, 3.63) is 0 Å². The summed E-state index contributed by atoms with van der Waals surface area (Å²) in [5.74, 6) is -2.77. The molecule has 1 nitrogen and oxygen atoms in total. The van der Waals surface area contributed by atoms with Crippen molar-refractivity contribution in [3.8, 4) is 0 Å². The molecule has 2 atom stereocenters. The van der Waals surface area contributed by atoms with E-state index in [4.69, 9.17) is 0 Å². The van der Waals surface area contributed by atoms with Gasteiger partial charge in [-0.2, -0.15) is 0 Å². The number of rotatable bonds is 0. The maximum atomic E-state index is 13.3. The molecular formula is C9H15F2N. The van der Waals surface area contributed by atoms with Gasteiger partial charge >= 0.3 is 0 Å². The van der Waals surface area contributed by atoms with Crippen LogP contribution in [0.15, 0.2) is 0 Å². The third kappa shape index (κ3) is 1.35. The molecule has 70 valence electrons. The minimum absolute atomic E-state index is 0.0995. The lowest BCUT2D eigenvalue weighted by molar-refractivity contribution is -0.107. The number of hydrogen-bond acceptors (Lipinski definition) is 1. The molecule has 0 bridgehead atoms. The highest BCUT2D eigenvalue weighted by molar-refractivity contribution is 4.93. The van der Waals surface area contributed by atoms with Crippen molar-refractivity contribution in [2.45, 2.75) is 44.1 Å². The number of piperidine rings is 1. The molecule has 0 aromatic heterocycles. The Morgan fingerprint density at radius 2 is 2.00 bits per heavy atom. The van der Waals surface area contributed by atoms with E-state index in [1.165, 1.54) is 0 Å². The van der Waals surface area contributed by atoms with Gasteiger partial charge in [-0.15, -0.1) is 0 Å². The van der Waals surface area contributed by atoms with Crippen molar-refractivity contribution in [3.63, 3.8) is 0 Å². The molecular weight excluding hydrogens is 160 g/mol. The second-order valence-electron chi connectivity index (χ2n) is 3.96. The van der Waals surface area contributed by atoms with E-state index in [-0.39, 0.29) is 18.4 Å². The number of fused-ring (bicyclic) bond motifs is 1. The average molecular weight is 175 g/mol. The summed E-state index contributed by atoms with van der Waals surface area (Å²) in [5, 5.41) is 3.20. The third-order valence-electron chi connectivity index (χ3n) is 3.15. The third-order valence-corrected chi connectivity index (χ3v) is 3.15. The average Bonchev–Trinajstić information content (AvgIpc) is 2.04. The fourth-order valence-corrected chi connectivity index (χ4v) is 2.50. The van der Waals surface area contributed by atoms with Gasteiger partial charge < -0.3 is 5.32 Å². The van der Waals surface area contributed by atoms with Crippen LogP contribution in [-0.2, 0) is 0 Å². The summed E-state index contributed by atoms with van der Waals surface area (Å²) in [4.78, 5) is 0. The highest BCUT2D eigenvalue weighted by atomic mass is 19.3. The van der Waals surface area contributed by atoms with Crippen LogP contribution < -0.4 is 5.32 Å². The predicted octanol–water partition coefficient (Wildman–Crippen LogP) is 2.17. The molecule has 0 aromatic carbocycles. The zero-order chi connectivity index (χ0) is 8.60. The van der Waals surface area contributed by atoms with Gasteiger partial charge in [-0.25, -0.2) is 8.78 Å². The molecule has 1 aliphatic carbocycles. The second-order valence-corrected chi connectivity index (χ2v) is 3.96. The summed E-state index contributed by atoms with van der Waals surface area (Å²) < 4.78 is 26.6. The Morgan fingerprint density at radius 1 is 1.17 bits per heavy atom. The van der Waals surface area contributed by atoms with Crippen LogP contribution in [0, 0.1) is 5.92 Å². The minimum atomic E-state index is -2.39. The molecule has 2 aliphatic rings. The Balaban J connectivity index is 2.09. The first-order valence-electron chi connectivity index (χ1n) is 4.81. The molecule has 0 amide bonds. The number of halogens is 2. The first-order valence-corrected chi connectivity index (χ1v) is 4.81. The van der Waals surface area contributed by atoms with Crippen molar-refractivity contribution >= 4 is 0 Å². The van der Waals surface area contributed by atoms with Crippen molar-refractivity contribution in [1.29, 1.82) is 0 Å². The van der Waals surface area contributed by atoms with E-state index in [9.17, 15) is 8.78 Å². The first kappa shape index (κ1) is 8.42. The Bertz CT molecular complexity index is 168. The Labute approximate surface area is 71.5 Å². The van der Waals surface area contributed by atoms with Crippen LogP contribution in [0.2, 0.25) is 0 Å². The van der Waals surface area contributed by atoms with E-state index in [0.717, 1.165) is 19.4 Å². The quantitative estimate of drug-likeness (QED) is 0.595. The molecule has 1 aliphatic heterocycles. The van der Waals surface area contributed by atoms with E-state index < -0.39 is 5.92 Å². The number of nitrogens with one attached hydrogen (secondary N) is 1. The summed E-state index contributed by atoms with van der Waals surface area (Å²) in [7, 11) is 0. The Morgan fingerprint density at radius 3 is 2.75 bits per heavy atom. The van der Waals surface area contributed by atoms with E-state index >= 15 is 0 Å². The van der Waals surface area contributed by atoms with Crippen molar-refractivity contribution in [2.24, 2.45) is 5.92 Å². The van der Waals surface area contributed by atoms with Gasteiger partial charge in [0.15, 0.2) is 0 Å². The molecule has 1 N–H and O–H groups in total. The largest absolute Gasteiger partial charge is 0.313 e. The van der Waals surface area contributed by atoms with Crippen LogP contribution in [0.25, 0.3) is 0 Å². The molecule has 0 spiro atoms. The fraction of sp³-hybridized carbons (Fsp3) is 1.00. The summed E-state index contributed by atoms with van der Waals surface area (Å²) in [5.41, 5.74) is 0. The molecule has 3 heteroatoms. The molecule has 2 fully saturated rings. The van der Waals surface area contributed by atoms with E-state index in [2.05, 4.69) is 5.32 Å². The van der Waals surface area contributed by atoms with Gasteiger partial charge in [0.1, 0.15) is 0 Å². The first-order chi connectivity index (χ1) is 5.70. The highest BCUT2D eigenvalue weighted by Gasteiger charge is 2.47. The fourth-order valence-electron chi connectivity index (χ4n) is 2.50. The minimum Gasteiger partial charge on any atom is -0.313 e. The summed E-state index contributed by atoms with van der Waals surface area (Å²) >= 11 is 0. The summed E-state index contributed by atoms with van der Waals surface area (Å²) in [6, 6.07) is 0.0995. The Hall–Kier alpha value is -0.180.